The number of piperidine rings is 1. The van der Waals surface area contributed by atoms with Gasteiger partial charge in [-0.2, -0.15) is 0 Å². The van der Waals surface area contributed by atoms with Gasteiger partial charge < -0.3 is 25.0 Å². The molecule has 0 radical (unpaired) electrons. The van der Waals surface area contributed by atoms with E-state index >= 15 is 0 Å². The fourth-order valence-corrected chi connectivity index (χ4v) is 6.05. The van der Waals surface area contributed by atoms with Crippen LogP contribution < -0.4 is 10.1 Å². The molecule has 3 fully saturated rings. The van der Waals surface area contributed by atoms with Crippen LogP contribution in [0.3, 0.4) is 0 Å². The van der Waals surface area contributed by atoms with Gasteiger partial charge in [-0.15, -0.1) is 0 Å². The van der Waals surface area contributed by atoms with Crippen LogP contribution in [-0.2, 0) is 21.4 Å². The van der Waals surface area contributed by atoms with Gasteiger partial charge in [0.2, 0.25) is 5.91 Å². The monoisotopic (exact) mass is 402 g/mol. The Kier molecular flexibility index (Phi) is 4.53. The first-order valence-electron chi connectivity index (χ1n) is 10.7. The third-order valence-corrected chi connectivity index (χ3v) is 7.58. The number of phenols is 1. The number of carbonyl (C=O) groups is 1. The maximum Gasteiger partial charge on any atom is 0.221 e. The van der Waals surface area contributed by atoms with E-state index in [0.29, 0.717) is 37.1 Å². The predicted molar refractivity (Wildman–Crippen MR) is 106 cm³/mol. The van der Waals surface area contributed by atoms with Crippen molar-refractivity contribution in [2.75, 3.05) is 33.5 Å². The predicted octanol–water partition coefficient (Wildman–Crippen LogP) is 1.29. The zero-order valence-corrected chi connectivity index (χ0v) is 16.9. The molecule has 5 rings (SSSR count). The van der Waals surface area contributed by atoms with Gasteiger partial charge in [0.1, 0.15) is 0 Å². The van der Waals surface area contributed by atoms with Crippen LogP contribution in [-0.4, -0.2) is 66.2 Å². The highest BCUT2D eigenvalue weighted by atomic mass is 16.7. The van der Waals surface area contributed by atoms with Crippen molar-refractivity contribution in [2.24, 2.45) is 5.92 Å². The van der Waals surface area contributed by atoms with Crippen LogP contribution in [0.2, 0.25) is 0 Å². The molecule has 7 nitrogen and oxygen atoms in total. The van der Waals surface area contributed by atoms with Crippen molar-refractivity contribution in [1.29, 1.82) is 0 Å². The van der Waals surface area contributed by atoms with Gasteiger partial charge in [-0.3, -0.25) is 9.69 Å². The standard InChI is InChI=1S/C22H30N2O5/c1-28-13-29-16-5-4-15-10-17-22(27)6-8-23-18(25)11-21(22,19(15)20(16)26)7-9-24(17)12-14-2-3-14/h4-5,14,17,26-27H,2-3,6-13H2,1H3,(H,23,25)/t17-,21-,22-/m1/s1. The number of benzene rings is 1. The number of aromatic hydroxyl groups is 1. The molecule has 2 heterocycles. The van der Waals surface area contributed by atoms with Crippen molar-refractivity contribution in [3.05, 3.63) is 23.3 Å². The highest BCUT2D eigenvalue weighted by molar-refractivity contribution is 5.79. The average Bonchev–Trinajstić information content (AvgIpc) is 3.50. The van der Waals surface area contributed by atoms with Gasteiger partial charge >= 0.3 is 0 Å². The summed E-state index contributed by atoms with van der Waals surface area (Å²) in [6.45, 7) is 2.34. The van der Waals surface area contributed by atoms with Crippen molar-refractivity contribution in [2.45, 2.75) is 55.6 Å². The number of likely N-dealkylation sites (tertiary alicyclic amines) is 1. The van der Waals surface area contributed by atoms with E-state index in [-0.39, 0.29) is 30.9 Å². The number of amides is 1. The lowest BCUT2D eigenvalue weighted by molar-refractivity contribution is -0.154. The summed E-state index contributed by atoms with van der Waals surface area (Å²) in [5.74, 6) is 1.05. The highest BCUT2D eigenvalue weighted by Crippen LogP contribution is 2.59. The minimum atomic E-state index is -1.07. The normalized spacial score (nSPS) is 34.0. The molecule has 1 saturated carbocycles. The number of rotatable bonds is 5. The fourth-order valence-electron chi connectivity index (χ4n) is 6.05. The summed E-state index contributed by atoms with van der Waals surface area (Å²) in [7, 11) is 1.53. The van der Waals surface area contributed by atoms with Crippen LogP contribution in [0.4, 0.5) is 0 Å². The molecule has 158 valence electrons. The Morgan fingerprint density at radius 2 is 2.14 bits per heavy atom. The number of carbonyl (C=O) groups excluding carboxylic acids is 1. The number of nitrogens with one attached hydrogen (secondary N) is 1. The largest absolute Gasteiger partial charge is 0.504 e. The molecule has 1 amide bonds. The van der Waals surface area contributed by atoms with E-state index in [2.05, 4.69) is 10.2 Å². The summed E-state index contributed by atoms with van der Waals surface area (Å²) in [5, 5.41) is 26.3. The van der Waals surface area contributed by atoms with Crippen LogP contribution in [0.5, 0.6) is 11.5 Å². The summed E-state index contributed by atoms with van der Waals surface area (Å²) in [4.78, 5) is 15.1. The van der Waals surface area contributed by atoms with Crippen LogP contribution in [0.1, 0.15) is 43.2 Å². The summed E-state index contributed by atoms with van der Waals surface area (Å²) >= 11 is 0. The highest BCUT2D eigenvalue weighted by Gasteiger charge is 2.65. The van der Waals surface area contributed by atoms with Gasteiger partial charge in [0, 0.05) is 43.6 Å². The molecule has 7 heteroatoms. The summed E-state index contributed by atoms with van der Waals surface area (Å²) in [6.07, 6.45) is 4.54. The third kappa shape index (κ3) is 2.86. The lowest BCUT2D eigenvalue weighted by Crippen LogP contribution is -2.71. The van der Waals surface area contributed by atoms with E-state index in [4.69, 9.17) is 9.47 Å². The first-order valence-corrected chi connectivity index (χ1v) is 10.7. The van der Waals surface area contributed by atoms with Gasteiger partial charge in [0.25, 0.3) is 0 Å². The molecule has 2 saturated heterocycles. The van der Waals surface area contributed by atoms with Crippen LogP contribution in [0.15, 0.2) is 12.1 Å². The second-order valence-electron chi connectivity index (χ2n) is 9.19. The average molecular weight is 402 g/mol. The molecule has 29 heavy (non-hydrogen) atoms. The summed E-state index contributed by atoms with van der Waals surface area (Å²) in [6, 6.07) is 3.71. The van der Waals surface area contributed by atoms with Crippen molar-refractivity contribution in [1.82, 2.24) is 10.2 Å². The van der Waals surface area contributed by atoms with E-state index in [1.165, 1.54) is 20.0 Å². The van der Waals surface area contributed by atoms with Gasteiger partial charge in [-0.05, 0) is 56.2 Å². The van der Waals surface area contributed by atoms with Gasteiger partial charge in [0.05, 0.1) is 5.60 Å². The Balaban J connectivity index is 1.65. The molecule has 1 aromatic rings. The first kappa shape index (κ1) is 19.2. The number of hydrogen-bond acceptors (Lipinski definition) is 6. The van der Waals surface area contributed by atoms with Gasteiger partial charge in [0.15, 0.2) is 18.3 Å². The first-order chi connectivity index (χ1) is 14.0. The zero-order chi connectivity index (χ0) is 20.2. The topological polar surface area (TPSA) is 91.3 Å². The second kappa shape index (κ2) is 6.86. The van der Waals surface area contributed by atoms with Crippen molar-refractivity contribution < 1.29 is 24.5 Å². The molecule has 3 N–H and O–H groups in total. The molecule has 0 spiro atoms. The molecule has 1 aromatic carbocycles. The Labute approximate surface area is 171 Å². The van der Waals surface area contributed by atoms with Crippen LogP contribution in [0.25, 0.3) is 0 Å². The smallest absolute Gasteiger partial charge is 0.221 e. The molecule has 0 unspecified atom stereocenters. The molecular formula is C22H30N2O5. The number of hydrogen-bond donors (Lipinski definition) is 3. The van der Waals surface area contributed by atoms with E-state index < -0.39 is 11.0 Å². The lowest BCUT2D eigenvalue weighted by Gasteiger charge is -2.61. The maximum absolute atomic E-state index is 12.7. The second-order valence-corrected chi connectivity index (χ2v) is 9.19. The minimum Gasteiger partial charge on any atom is -0.504 e. The van der Waals surface area contributed by atoms with Gasteiger partial charge in [-0.1, -0.05) is 6.07 Å². The summed E-state index contributed by atoms with van der Waals surface area (Å²) < 4.78 is 10.6. The van der Waals surface area contributed by atoms with Crippen LogP contribution >= 0.6 is 0 Å². The Bertz CT molecular complexity index is 826. The maximum atomic E-state index is 12.7. The van der Waals surface area contributed by atoms with Crippen molar-refractivity contribution in [3.63, 3.8) is 0 Å². The quantitative estimate of drug-likeness (QED) is 0.643. The number of aliphatic hydroxyl groups is 1. The number of ether oxygens (including phenoxy) is 2. The van der Waals surface area contributed by atoms with Crippen molar-refractivity contribution >= 4 is 5.91 Å². The Hall–Kier alpha value is -1.83. The number of methoxy groups -OCH3 is 1. The number of phenolic OH excluding ortho intramolecular Hbond substituents is 1. The van der Waals surface area contributed by atoms with Crippen molar-refractivity contribution in [3.8, 4) is 11.5 Å². The van der Waals surface area contributed by atoms with Crippen LogP contribution in [0, 0.1) is 5.92 Å². The fraction of sp³-hybridized carbons (Fsp3) is 0.682. The number of nitrogens with zero attached hydrogens (tertiary/aromatic N) is 1. The SMILES string of the molecule is COCOc1ccc2c(c1O)[C@]13CCN(CC4CC4)[C@H](C2)[C@]1(O)CCNC(=O)C3. The Morgan fingerprint density at radius 1 is 1.31 bits per heavy atom. The third-order valence-electron chi connectivity index (χ3n) is 7.58. The van der Waals surface area contributed by atoms with E-state index in [9.17, 15) is 15.0 Å². The molecule has 3 atom stereocenters. The number of fused-ring (bicyclic) bond motifs is 1. The van der Waals surface area contributed by atoms with E-state index in [1.807, 2.05) is 6.07 Å². The molecule has 2 aliphatic heterocycles. The molecule has 4 aliphatic rings. The minimum absolute atomic E-state index is 0.0297. The molecular weight excluding hydrogens is 372 g/mol. The molecule has 2 bridgehead atoms. The summed E-state index contributed by atoms with van der Waals surface area (Å²) in [5.41, 5.74) is -0.156. The van der Waals surface area contributed by atoms with Gasteiger partial charge in [-0.25, -0.2) is 0 Å². The molecule has 0 aromatic heterocycles. The Morgan fingerprint density at radius 3 is 2.90 bits per heavy atom. The lowest BCUT2D eigenvalue weighted by atomic mass is 9.52. The van der Waals surface area contributed by atoms with E-state index in [0.717, 1.165) is 24.6 Å². The van der Waals surface area contributed by atoms with E-state index in [1.54, 1.807) is 6.07 Å². The molecule has 2 aliphatic carbocycles. The zero-order valence-electron chi connectivity index (χ0n) is 16.9.